The number of amides is 1. The van der Waals surface area contributed by atoms with E-state index in [1.165, 1.54) is 4.31 Å². The highest BCUT2D eigenvalue weighted by Crippen LogP contribution is 2.26. The summed E-state index contributed by atoms with van der Waals surface area (Å²) in [7, 11) is -3.05. The molecule has 0 atom stereocenters. The normalized spacial score (nSPS) is 25.2. The molecular formula is C11H20N2O3S. The third kappa shape index (κ3) is 3.19. The summed E-state index contributed by atoms with van der Waals surface area (Å²) in [5, 5.41) is 2.82. The first-order valence-electron chi connectivity index (χ1n) is 6.35. The zero-order valence-electron chi connectivity index (χ0n) is 10.0. The molecule has 0 aromatic rings. The van der Waals surface area contributed by atoms with Crippen LogP contribution in [0.15, 0.2) is 0 Å². The zero-order valence-corrected chi connectivity index (χ0v) is 10.8. The van der Waals surface area contributed by atoms with Gasteiger partial charge in [0.05, 0.1) is 5.75 Å². The van der Waals surface area contributed by atoms with Gasteiger partial charge in [-0.15, -0.1) is 0 Å². The van der Waals surface area contributed by atoms with Crippen LogP contribution in [-0.4, -0.2) is 44.0 Å². The van der Waals surface area contributed by atoms with Gasteiger partial charge in [0.1, 0.15) is 0 Å². The van der Waals surface area contributed by atoms with E-state index in [0.29, 0.717) is 19.6 Å². The van der Waals surface area contributed by atoms with Crippen LogP contribution >= 0.6 is 0 Å². The molecule has 0 aromatic heterocycles. The summed E-state index contributed by atoms with van der Waals surface area (Å²) in [6, 6.07) is 0. The van der Waals surface area contributed by atoms with Crippen LogP contribution in [0.25, 0.3) is 0 Å². The molecule has 1 saturated heterocycles. The van der Waals surface area contributed by atoms with Crippen LogP contribution in [0.1, 0.15) is 32.1 Å². The van der Waals surface area contributed by atoms with Crippen molar-refractivity contribution in [2.45, 2.75) is 32.1 Å². The van der Waals surface area contributed by atoms with E-state index in [1.54, 1.807) is 0 Å². The van der Waals surface area contributed by atoms with Crippen LogP contribution in [0.5, 0.6) is 0 Å². The summed E-state index contributed by atoms with van der Waals surface area (Å²) in [5.74, 6) is 0.516. The Hall–Kier alpha value is -0.620. The Kier molecular flexibility index (Phi) is 4.04. The van der Waals surface area contributed by atoms with Gasteiger partial charge in [0.2, 0.25) is 15.9 Å². The lowest BCUT2D eigenvalue weighted by atomic mass is 9.85. The maximum Gasteiger partial charge on any atom is 0.223 e. The Labute approximate surface area is 103 Å². The molecule has 2 fully saturated rings. The molecule has 1 heterocycles. The second-order valence-corrected chi connectivity index (χ2v) is 6.93. The molecule has 1 N–H and O–H groups in total. The highest BCUT2D eigenvalue weighted by Gasteiger charge is 2.27. The Morgan fingerprint density at radius 3 is 2.59 bits per heavy atom. The largest absolute Gasteiger partial charge is 0.355 e. The van der Waals surface area contributed by atoms with Crippen molar-refractivity contribution in [3.8, 4) is 0 Å². The first-order chi connectivity index (χ1) is 8.09. The van der Waals surface area contributed by atoms with E-state index in [1.807, 2.05) is 0 Å². The van der Waals surface area contributed by atoms with Gasteiger partial charge in [-0.05, 0) is 25.7 Å². The summed E-state index contributed by atoms with van der Waals surface area (Å²) < 4.78 is 24.8. The van der Waals surface area contributed by atoms with Gasteiger partial charge in [-0.1, -0.05) is 6.42 Å². The minimum absolute atomic E-state index is 0.0886. The molecule has 6 heteroatoms. The maximum absolute atomic E-state index is 11.7. The molecule has 0 radical (unpaired) electrons. The van der Waals surface area contributed by atoms with Crippen LogP contribution in [0.3, 0.4) is 0 Å². The van der Waals surface area contributed by atoms with Gasteiger partial charge in [-0.2, -0.15) is 0 Å². The molecule has 1 aliphatic heterocycles. The summed E-state index contributed by atoms with van der Waals surface area (Å²) >= 11 is 0. The third-order valence-electron chi connectivity index (χ3n) is 3.59. The van der Waals surface area contributed by atoms with Gasteiger partial charge in [0, 0.05) is 25.6 Å². The van der Waals surface area contributed by atoms with E-state index in [9.17, 15) is 13.2 Å². The molecule has 1 saturated carbocycles. The monoisotopic (exact) mass is 260 g/mol. The van der Waals surface area contributed by atoms with Crippen molar-refractivity contribution in [3.63, 3.8) is 0 Å². The smallest absolute Gasteiger partial charge is 0.223 e. The van der Waals surface area contributed by atoms with E-state index >= 15 is 0 Å². The Bertz CT molecular complexity index is 376. The van der Waals surface area contributed by atoms with Crippen molar-refractivity contribution in [1.29, 1.82) is 0 Å². The minimum atomic E-state index is -3.05. The van der Waals surface area contributed by atoms with E-state index in [0.717, 1.165) is 32.1 Å². The second kappa shape index (κ2) is 5.35. The van der Waals surface area contributed by atoms with E-state index in [-0.39, 0.29) is 17.6 Å². The van der Waals surface area contributed by atoms with Crippen LogP contribution in [0, 0.1) is 5.92 Å². The predicted octanol–water partition coefficient (Wildman–Crippen LogP) is 0.328. The van der Waals surface area contributed by atoms with Crippen molar-refractivity contribution in [3.05, 3.63) is 0 Å². The summed E-state index contributed by atoms with van der Waals surface area (Å²) in [5.41, 5.74) is 0. The number of nitrogens with zero attached hydrogens (tertiary/aromatic N) is 1. The SMILES string of the molecule is O=C(NCCN1CCCCS1(=O)=O)C1CCC1. The number of hydrogen-bond donors (Lipinski definition) is 1. The van der Waals surface area contributed by atoms with Gasteiger partial charge in [0.25, 0.3) is 0 Å². The molecule has 1 aliphatic carbocycles. The standard InChI is InChI=1S/C11H20N2O3S/c14-11(10-4-3-5-10)12-6-8-13-7-1-2-9-17(13,15)16/h10H,1-9H2,(H,12,14). The van der Waals surface area contributed by atoms with Crippen molar-refractivity contribution in [2.24, 2.45) is 5.92 Å². The molecular weight excluding hydrogens is 240 g/mol. The zero-order chi connectivity index (χ0) is 12.3. The van der Waals surface area contributed by atoms with Crippen LogP contribution < -0.4 is 5.32 Å². The lowest BCUT2D eigenvalue weighted by Gasteiger charge is -2.27. The van der Waals surface area contributed by atoms with Crippen molar-refractivity contribution in [1.82, 2.24) is 9.62 Å². The number of carbonyl (C=O) groups is 1. The van der Waals surface area contributed by atoms with Crippen molar-refractivity contribution < 1.29 is 13.2 Å². The fourth-order valence-corrected chi connectivity index (χ4v) is 3.81. The van der Waals surface area contributed by atoms with Gasteiger partial charge in [-0.25, -0.2) is 12.7 Å². The van der Waals surface area contributed by atoms with Crippen LogP contribution in [0.4, 0.5) is 0 Å². The van der Waals surface area contributed by atoms with E-state index in [4.69, 9.17) is 0 Å². The predicted molar refractivity (Wildman–Crippen MR) is 64.9 cm³/mol. The average molecular weight is 260 g/mol. The molecule has 98 valence electrons. The molecule has 0 spiro atoms. The third-order valence-corrected chi connectivity index (χ3v) is 5.55. The lowest BCUT2D eigenvalue weighted by molar-refractivity contribution is -0.127. The lowest BCUT2D eigenvalue weighted by Crippen LogP contribution is -2.44. The summed E-state index contributed by atoms with van der Waals surface area (Å²) in [4.78, 5) is 11.5. The number of sulfonamides is 1. The number of rotatable bonds is 4. The van der Waals surface area contributed by atoms with E-state index in [2.05, 4.69) is 5.32 Å². The topological polar surface area (TPSA) is 66.5 Å². The molecule has 0 bridgehead atoms. The molecule has 17 heavy (non-hydrogen) atoms. The Balaban J connectivity index is 1.72. The fraction of sp³-hybridized carbons (Fsp3) is 0.909. The number of carbonyl (C=O) groups excluding carboxylic acids is 1. The van der Waals surface area contributed by atoms with Gasteiger partial charge in [-0.3, -0.25) is 4.79 Å². The van der Waals surface area contributed by atoms with Gasteiger partial charge >= 0.3 is 0 Å². The van der Waals surface area contributed by atoms with Crippen molar-refractivity contribution in [2.75, 3.05) is 25.4 Å². The highest BCUT2D eigenvalue weighted by atomic mass is 32.2. The van der Waals surface area contributed by atoms with E-state index < -0.39 is 10.0 Å². The summed E-state index contributed by atoms with van der Waals surface area (Å²) in [6.07, 6.45) is 4.78. The number of nitrogens with one attached hydrogen (secondary N) is 1. The van der Waals surface area contributed by atoms with Crippen LogP contribution in [0.2, 0.25) is 0 Å². The molecule has 0 unspecified atom stereocenters. The summed E-state index contributed by atoms with van der Waals surface area (Å²) in [6.45, 7) is 1.46. The molecule has 2 aliphatic rings. The first-order valence-corrected chi connectivity index (χ1v) is 7.96. The van der Waals surface area contributed by atoms with Gasteiger partial charge in [0.15, 0.2) is 0 Å². The highest BCUT2D eigenvalue weighted by molar-refractivity contribution is 7.89. The van der Waals surface area contributed by atoms with Crippen LogP contribution in [-0.2, 0) is 14.8 Å². The minimum Gasteiger partial charge on any atom is -0.355 e. The molecule has 0 aromatic carbocycles. The second-order valence-electron chi connectivity index (χ2n) is 4.84. The average Bonchev–Trinajstić information content (AvgIpc) is 2.17. The first kappa shape index (κ1) is 12.8. The molecule has 1 amide bonds. The Morgan fingerprint density at radius 2 is 2.00 bits per heavy atom. The fourth-order valence-electron chi connectivity index (χ4n) is 2.21. The van der Waals surface area contributed by atoms with Crippen molar-refractivity contribution >= 4 is 15.9 Å². The molecule has 2 rings (SSSR count). The Morgan fingerprint density at radius 1 is 1.24 bits per heavy atom. The van der Waals surface area contributed by atoms with Gasteiger partial charge < -0.3 is 5.32 Å². The number of hydrogen-bond acceptors (Lipinski definition) is 3. The molecule has 5 nitrogen and oxygen atoms in total. The quantitative estimate of drug-likeness (QED) is 0.792. The maximum atomic E-state index is 11.7.